The number of rotatable bonds is 2. The summed E-state index contributed by atoms with van der Waals surface area (Å²) in [6.07, 6.45) is 4.75. The van der Waals surface area contributed by atoms with Crippen LogP contribution in [-0.4, -0.2) is 35.4 Å². The highest BCUT2D eigenvalue weighted by atomic mass is 16.4. The Labute approximate surface area is 101 Å². The molecule has 7 heteroatoms. The van der Waals surface area contributed by atoms with Crippen LogP contribution in [0.4, 0.5) is 0 Å². The number of carbonyl (C=O) groups is 1. The number of carboxylic acid groups (broad SMARTS) is 1. The number of nitrogens with one attached hydrogen (secondary N) is 1. The number of hydrogen-bond acceptors (Lipinski definition) is 4. The summed E-state index contributed by atoms with van der Waals surface area (Å²) in [6.45, 7) is 1.86. The summed E-state index contributed by atoms with van der Waals surface area (Å²) in [4.78, 5) is 26.2. The lowest BCUT2D eigenvalue weighted by atomic mass is 10.3. The quantitative estimate of drug-likeness (QED) is 0.703. The van der Waals surface area contributed by atoms with Crippen LogP contribution >= 0.6 is 0 Å². The lowest BCUT2D eigenvalue weighted by Gasteiger charge is -2.03. The lowest BCUT2D eigenvalue weighted by Crippen LogP contribution is -2.01. The number of aromatic amines is 1. The number of carboxylic acids is 1. The molecule has 0 aliphatic heterocycles. The number of H-pyrrole nitrogens is 1. The summed E-state index contributed by atoms with van der Waals surface area (Å²) >= 11 is 0. The Hall–Kier alpha value is -2.70. The van der Waals surface area contributed by atoms with Crippen LogP contribution in [0.3, 0.4) is 0 Å². The van der Waals surface area contributed by atoms with Crippen LogP contribution in [0, 0.1) is 6.92 Å². The molecule has 90 valence electrons. The molecule has 0 aromatic carbocycles. The first-order valence-corrected chi connectivity index (χ1v) is 5.24. The maximum absolute atomic E-state index is 11.0. The first-order valence-electron chi connectivity index (χ1n) is 5.24. The van der Waals surface area contributed by atoms with Gasteiger partial charge in [0.05, 0.1) is 0 Å². The van der Waals surface area contributed by atoms with Crippen molar-refractivity contribution in [2.45, 2.75) is 6.92 Å². The number of aromatic nitrogens is 5. The standard InChI is InChI=1S/C11H9N5O2/c1-6-4-7(9-12-2-3-13-9)15-10-8(11(17)18)14-5-16(6)10/h2-5H,1H3,(H,12,13)(H,17,18). The zero-order valence-electron chi connectivity index (χ0n) is 9.45. The number of imidazole rings is 2. The van der Waals surface area contributed by atoms with Gasteiger partial charge in [0.2, 0.25) is 0 Å². The molecule has 3 rings (SSSR count). The summed E-state index contributed by atoms with van der Waals surface area (Å²) in [6, 6.07) is 1.82. The van der Waals surface area contributed by atoms with Crippen LogP contribution in [0.5, 0.6) is 0 Å². The van der Waals surface area contributed by atoms with Crippen LogP contribution in [0.25, 0.3) is 17.2 Å². The molecule has 0 aliphatic rings. The van der Waals surface area contributed by atoms with Gasteiger partial charge in [0.1, 0.15) is 12.0 Å². The van der Waals surface area contributed by atoms with Crippen molar-refractivity contribution >= 4 is 11.6 Å². The highest BCUT2D eigenvalue weighted by molar-refractivity contribution is 5.92. The fourth-order valence-corrected chi connectivity index (χ4v) is 1.80. The van der Waals surface area contributed by atoms with Crippen LogP contribution in [0.2, 0.25) is 0 Å². The molecule has 0 aliphatic carbocycles. The van der Waals surface area contributed by atoms with Crippen molar-refractivity contribution in [2.75, 3.05) is 0 Å². The summed E-state index contributed by atoms with van der Waals surface area (Å²) in [5.41, 5.74) is 1.68. The SMILES string of the molecule is Cc1cc(-c2ncc[nH]2)nc2c(C(=O)O)ncn12. The zero-order valence-corrected chi connectivity index (χ0v) is 9.45. The van der Waals surface area contributed by atoms with Crippen LogP contribution < -0.4 is 0 Å². The van der Waals surface area contributed by atoms with E-state index in [9.17, 15) is 4.79 Å². The van der Waals surface area contributed by atoms with Crippen molar-refractivity contribution in [3.63, 3.8) is 0 Å². The molecule has 0 radical (unpaired) electrons. The summed E-state index contributed by atoms with van der Waals surface area (Å²) in [7, 11) is 0. The van der Waals surface area contributed by atoms with E-state index >= 15 is 0 Å². The molecule has 3 aromatic heterocycles. The highest BCUT2D eigenvalue weighted by Crippen LogP contribution is 2.17. The first-order chi connectivity index (χ1) is 8.66. The Morgan fingerprint density at radius 1 is 1.44 bits per heavy atom. The van der Waals surface area contributed by atoms with Crippen LogP contribution in [-0.2, 0) is 0 Å². The number of nitrogens with zero attached hydrogens (tertiary/aromatic N) is 4. The Morgan fingerprint density at radius 3 is 2.94 bits per heavy atom. The van der Waals surface area contributed by atoms with Gasteiger partial charge in [-0.25, -0.2) is 19.7 Å². The molecule has 3 aromatic rings. The van der Waals surface area contributed by atoms with Crippen molar-refractivity contribution in [2.24, 2.45) is 0 Å². The molecule has 18 heavy (non-hydrogen) atoms. The topological polar surface area (TPSA) is 96.2 Å². The maximum atomic E-state index is 11.0. The summed E-state index contributed by atoms with van der Waals surface area (Å²) in [5, 5.41) is 9.04. The summed E-state index contributed by atoms with van der Waals surface area (Å²) in [5.74, 6) is -0.501. The van der Waals surface area contributed by atoms with Crippen molar-refractivity contribution in [1.29, 1.82) is 0 Å². The van der Waals surface area contributed by atoms with Crippen molar-refractivity contribution < 1.29 is 9.90 Å². The van der Waals surface area contributed by atoms with Gasteiger partial charge in [0, 0.05) is 18.1 Å². The largest absolute Gasteiger partial charge is 0.476 e. The minimum Gasteiger partial charge on any atom is -0.476 e. The minimum atomic E-state index is -1.10. The summed E-state index contributed by atoms with van der Waals surface area (Å²) < 4.78 is 1.63. The predicted molar refractivity (Wildman–Crippen MR) is 62.3 cm³/mol. The van der Waals surface area contributed by atoms with E-state index in [0.717, 1.165) is 5.69 Å². The molecule has 0 fully saturated rings. The first kappa shape index (κ1) is 10.5. The molecule has 0 unspecified atom stereocenters. The predicted octanol–water partition coefficient (Wildman–Crippen LogP) is 1.13. The van der Waals surface area contributed by atoms with Gasteiger partial charge < -0.3 is 10.1 Å². The van der Waals surface area contributed by atoms with E-state index in [2.05, 4.69) is 19.9 Å². The molecule has 0 spiro atoms. The van der Waals surface area contributed by atoms with Crippen molar-refractivity contribution in [1.82, 2.24) is 24.3 Å². The maximum Gasteiger partial charge on any atom is 0.358 e. The molecule has 2 N–H and O–H groups in total. The second kappa shape index (κ2) is 3.66. The molecular formula is C11H9N5O2. The van der Waals surface area contributed by atoms with Gasteiger partial charge in [-0.2, -0.15) is 0 Å². The van der Waals surface area contributed by atoms with Crippen molar-refractivity contribution in [3.8, 4) is 11.5 Å². The van der Waals surface area contributed by atoms with Crippen molar-refractivity contribution in [3.05, 3.63) is 36.2 Å². The average Bonchev–Trinajstić information content (AvgIpc) is 2.97. The van der Waals surface area contributed by atoms with Gasteiger partial charge >= 0.3 is 5.97 Å². The van der Waals surface area contributed by atoms with Gasteiger partial charge in [0.15, 0.2) is 17.2 Å². The molecule has 0 saturated heterocycles. The zero-order chi connectivity index (χ0) is 12.7. The Kier molecular flexibility index (Phi) is 2.12. The molecular weight excluding hydrogens is 234 g/mol. The van der Waals surface area contributed by atoms with Gasteiger partial charge in [-0.05, 0) is 13.0 Å². The van der Waals surface area contributed by atoms with E-state index in [1.807, 2.05) is 13.0 Å². The fourth-order valence-electron chi connectivity index (χ4n) is 1.80. The van der Waals surface area contributed by atoms with Crippen LogP contribution in [0.15, 0.2) is 24.8 Å². The molecule has 0 amide bonds. The van der Waals surface area contributed by atoms with Gasteiger partial charge in [-0.1, -0.05) is 0 Å². The number of aromatic carboxylic acids is 1. The molecule has 7 nitrogen and oxygen atoms in total. The Bertz CT molecular complexity index is 729. The lowest BCUT2D eigenvalue weighted by molar-refractivity contribution is 0.0693. The number of aryl methyl sites for hydroxylation is 1. The van der Waals surface area contributed by atoms with Gasteiger partial charge in [0.25, 0.3) is 0 Å². The monoisotopic (exact) mass is 243 g/mol. The third-order valence-electron chi connectivity index (χ3n) is 2.64. The molecule has 0 bridgehead atoms. The van der Waals surface area contributed by atoms with E-state index < -0.39 is 5.97 Å². The molecule has 0 saturated carbocycles. The number of hydrogen-bond donors (Lipinski definition) is 2. The number of fused-ring (bicyclic) bond motifs is 1. The van der Waals surface area contributed by atoms with E-state index in [0.29, 0.717) is 17.2 Å². The Morgan fingerprint density at radius 2 is 2.28 bits per heavy atom. The second-order valence-corrected chi connectivity index (χ2v) is 3.81. The third-order valence-corrected chi connectivity index (χ3v) is 2.64. The van der Waals surface area contributed by atoms with E-state index in [-0.39, 0.29) is 5.69 Å². The third kappa shape index (κ3) is 1.45. The Balaban J connectivity index is 2.31. The normalized spacial score (nSPS) is 10.9. The minimum absolute atomic E-state index is 0.0634. The molecule has 3 heterocycles. The van der Waals surface area contributed by atoms with Crippen LogP contribution in [0.1, 0.15) is 16.2 Å². The van der Waals surface area contributed by atoms with Gasteiger partial charge in [-0.3, -0.25) is 4.40 Å². The van der Waals surface area contributed by atoms with E-state index in [4.69, 9.17) is 5.11 Å². The molecule has 0 atom stereocenters. The van der Waals surface area contributed by atoms with E-state index in [1.165, 1.54) is 6.33 Å². The van der Waals surface area contributed by atoms with E-state index in [1.54, 1.807) is 16.8 Å². The van der Waals surface area contributed by atoms with Gasteiger partial charge in [-0.15, -0.1) is 0 Å². The second-order valence-electron chi connectivity index (χ2n) is 3.81. The highest BCUT2D eigenvalue weighted by Gasteiger charge is 2.16. The average molecular weight is 243 g/mol. The smallest absolute Gasteiger partial charge is 0.358 e. The fraction of sp³-hybridized carbons (Fsp3) is 0.0909.